The van der Waals surface area contributed by atoms with Gasteiger partial charge in [0.1, 0.15) is 5.92 Å². The molecule has 0 aliphatic rings. The van der Waals surface area contributed by atoms with Crippen molar-refractivity contribution in [3.8, 4) is 0 Å². The van der Waals surface area contributed by atoms with Gasteiger partial charge < -0.3 is 5.32 Å². The van der Waals surface area contributed by atoms with E-state index >= 15 is 0 Å². The standard InChI is InChI=1S/C28H21ClN2O3/c29-23-13-11-22(12-14-23)28(34)31-25(19-15-17-30-18-16-19)24(26(32)20-7-3-1-4-8-20)27(33)21-9-5-2-6-10-21/h1-18,24-25H,(H,31,34). The maximum absolute atomic E-state index is 13.7. The molecule has 0 saturated carbocycles. The second kappa shape index (κ2) is 10.7. The molecule has 0 bridgehead atoms. The van der Waals surface area contributed by atoms with Gasteiger partial charge in [0.05, 0.1) is 6.04 Å². The quantitative estimate of drug-likeness (QED) is 0.270. The van der Waals surface area contributed by atoms with E-state index in [2.05, 4.69) is 10.3 Å². The van der Waals surface area contributed by atoms with Crippen LogP contribution in [0.15, 0.2) is 109 Å². The van der Waals surface area contributed by atoms with E-state index in [9.17, 15) is 14.4 Å². The highest BCUT2D eigenvalue weighted by molar-refractivity contribution is 6.30. The fourth-order valence-corrected chi connectivity index (χ4v) is 3.87. The third-order valence-electron chi connectivity index (χ3n) is 5.47. The van der Waals surface area contributed by atoms with Gasteiger partial charge in [-0.25, -0.2) is 0 Å². The van der Waals surface area contributed by atoms with Gasteiger partial charge in [-0.15, -0.1) is 0 Å². The molecule has 0 aliphatic carbocycles. The van der Waals surface area contributed by atoms with Crippen LogP contribution in [-0.4, -0.2) is 22.5 Å². The summed E-state index contributed by atoms with van der Waals surface area (Å²) < 4.78 is 0. The molecule has 34 heavy (non-hydrogen) atoms. The zero-order valence-corrected chi connectivity index (χ0v) is 18.9. The monoisotopic (exact) mass is 468 g/mol. The van der Waals surface area contributed by atoms with E-state index in [0.717, 1.165) is 0 Å². The molecule has 0 aliphatic heterocycles. The first-order chi connectivity index (χ1) is 16.5. The summed E-state index contributed by atoms with van der Waals surface area (Å²) >= 11 is 5.96. The van der Waals surface area contributed by atoms with E-state index in [0.29, 0.717) is 27.3 Å². The van der Waals surface area contributed by atoms with Gasteiger partial charge in [-0.1, -0.05) is 72.3 Å². The average molecular weight is 469 g/mol. The third-order valence-corrected chi connectivity index (χ3v) is 5.73. The molecule has 0 saturated heterocycles. The number of carbonyl (C=O) groups is 3. The van der Waals surface area contributed by atoms with Crippen LogP contribution in [0.4, 0.5) is 0 Å². The highest BCUT2D eigenvalue weighted by atomic mass is 35.5. The number of nitrogens with one attached hydrogen (secondary N) is 1. The van der Waals surface area contributed by atoms with Gasteiger partial charge in [0.25, 0.3) is 5.91 Å². The van der Waals surface area contributed by atoms with Gasteiger partial charge in [-0.3, -0.25) is 19.4 Å². The molecule has 1 atom stereocenters. The molecule has 0 fully saturated rings. The Bertz CT molecular complexity index is 1230. The predicted molar refractivity (Wildman–Crippen MR) is 131 cm³/mol. The smallest absolute Gasteiger partial charge is 0.251 e. The Balaban J connectivity index is 1.80. The van der Waals surface area contributed by atoms with Crippen LogP contribution < -0.4 is 5.32 Å². The number of benzene rings is 3. The molecule has 168 valence electrons. The Morgan fingerprint density at radius 3 is 1.65 bits per heavy atom. The van der Waals surface area contributed by atoms with Crippen molar-refractivity contribution in [2.45, 2.75) is 6.04 Å². The number of hydrogen-bond donors (Lipinski definition) is 1. The first-order valence-electron chi connectivity index (χ1n) is 10.7. The normalized spacial score (nSPS) is 11.6. The summed E-state index contributed by atoms with van der Waals surface area (Å²) in [6.45, 7) is 0. The van der Waals surface area contributed by atoms with Crippen molar-refractivity contribution in [1.82, 2.24) is 10.3 Å². The maximum atomic E-state index is 13.7. The molecule has 0 radical (unpaired) electrons. The number of aromatic nitrogens is 1. The van der Waals surface area contributed by atoms with Crippen LogP contribution in [0, 0.1) is 5.92 Å². The summed E-state index contributed by atoms with van der Waals surface area (Å²) in [5, 5.41) is 3.42. The SMILES string of the molecule is O=C(NC(c1ccncc1)C(C(=O)c1ccccc1)C(=O)c1ccccc1)c1ccc(Cl)cc1. The summed E-state index contributed by atoms with van der Waals surface area (Å²) in [4.78, 5) is 44.7. The fraction of sp³-hybridized carbons (Fsp3) is 0.0714. The van der Waals surface area contributed by atoms with Crippen LogP contribution >= 0.6 is 11.6 Å². The molecule has 3 aromatic carbocycles. The molecule has 1 amide bonds. The molecule has 1 N–H and O–H groups in total. The molecule has 4 aromatic rings. The largest absolute Gasteiger partial charge is 0.344 e. The molecule has 4 rings (SSSR count). The van der Waals surface area contributed by atoms with Gasteiger partial charge in [0.2, 0.25) is 0 Å². The third kappa shape index (κ3) is 5.27. The number of Topliss-reactive ketones (excluding diaryl/α,β-unsaturated/α-hetero) is 2. The molecule has 1 heterocycles. The van der Waals surface area contributed by atoms with Crippen LogP contribution in [0.25, 0.3) is 0 Å². The van der Waals surface area contributed by atoms with Gasteiger partial charge >= 0.3 is 0 Å². The lowest BCUT2D eigenvalue weighted by Crippen LogP contribution is -2.41. The molecule has 0 spiro atoms. The van der Waals surface area contributed by atoms with Crippen molar-refractivity contribution < 1.29 is 14.4 Å². The Labute approximate surface area is 202 Å². The van der Waals surface area contributed by atoms with E-state index in [4.69, 9.17) is 11.6 Å². The number of hydrogen-bond acceptors (Lipinski definition) is 4. The van der Waals surface area contributed by atoms with E-state index in [-0.39, 0.29) is 11.6 Å². The molecule has 6 heteroatoms. The zero-order chi connectivity index (χ0) is 23.9. The molecule has 5 nitrogen and oxygen atoms in total. The summed E-state index contributed by atoms with van der Waals surface area (Å²) in [6, 6.07) is 26.1. The Kier molecular flexibility index (Phi) is 7.25. The van der Waals surface area contributed by atoms with Crippen LogP contribution in [0.5, 0.6) is 0 Å². The Morgan fingerprint density at radius 2 is 1.15 bits per heavy atom. The van der Waals surface area contributed by atoms with Crippen LogP contribution in [0.3, 0.4) is 0 Å². The first-order valence-corrected chi connectivity index (χ1v) is 11.1. The number of ketones is 2. The molecule has 1 aromatic heterocycles. The average Bonchev–Trinajstić information content (AvgIpc) is 2.90. The van der Waals surface area contributed by atoms with E-state index in [1.165, 1.54) is 0 Å². The van der Waals surface area contributed by atoms with Gasteiger partial charge in [-0.05, 0) is 42.0 Å². The van der Waals surface area contributed by atoms with Crippen molar-refractivity contribution in [3.05, 3.63) is 137 Å². The summed E-state index contributed by atoms with van der Waals surface area (Å²) in [7, 11) is 0. The molecular formula is C28H21ClN2O3. The van der Waals surface area contributed by atoms with Crippen molar-refractivity contribution in [2.24, 2.45) is 5.92 Å². The number of halogens is 1. The van der Waals surface area contributed by atoms with E-state index < -0.39 is 17.9 Å². The number of pyridine rings is 1. The van der Waals surface area contributed by atoms with E-state index in [1.807, 2.05) is 0 Å². The number of carbonyl (C=O) groups excluding carboxylic acids is 3. The Morgan fingerprint density at radius 1 is 0.647 bits per heavy atom. The lowest BCUT2D eigenvalue weighted by molar-refractivity contribution is 0.0754. The second-order valence-corrected chi connectivity index (χ2v) is 8.11. The molecule has 1 unspecified atom stereocenters. The van der Waals surface area contributed by atoms with Gasteiger partial charge in [-0.2, -0.15) is 0 Å². The van der Waals surface area contributed by atoms with Crippen molar-refractivity contribution in [2.75, 3.05) is 0 Å². The summed E-state index contributed by atoms with van der Waals surface area (Å²) in [5.74, 6) is -2.38. The highest BCUT2D eigenvalue weighted by Gasteiger charge is 2.38. The minimum atomic E-state index is -1.19. The number of rotatable bonds is 8. The lowest BCUT2D eigenvalue weighted by Gasteiger charge is -2.27. The minimum Gasteiger partial charge on any atom is -0.344 e. The van der Waals surface area contributed by atoms with Gasteiger partial charge in [0.15, 0.2) is 11.6 Å². The zero-order valence-electron chi connectivity index (χ0n) is 18.1. The predicted octanol–water partition coefficient (Wildman–Crippen LogP) is 5.59. The van der Waals surface area contributed by atoms with Crippen LogP contribution in [0.1, 0.15) is 42.7 Å². The topological polar surface area (TPSA) is 76.1 Å². The highest BCUT2D eigenvalue weighted by Crippen LogP contribution is 2.29. The summed E-state index contributed by atoms with van der Waals surface area (Å²) in [6.07, 6.45) is 3.13. The number of nitrogens with zero attached hydrogens (tertiary/aromatic N) is 1. The first kappa shape index (κ1) is 23.1. The van der Waals surface area contributed by atoms with Crippen LogP contribution in [0.2, 0.25) is 5.02 Å². The van der Waals surface area contributed by atoms with Gasteiger partial charge in [0, 0.05) is 34.1 Å². The van der Waals surface area contributed by atoms with E-state index in [1.54, 1.807) is 109 Å². The summed E-state index contributed by atoms with van der Waals surface area (Å²) in [5.41, 5.74) is 1.73. The van der Waals surface area contributed by atoms with Crippen molar-refractivity contribution in [3.63, 3.8) is 0 Å². The Hall–Kier alpha value is -4.09. The number of amides is 1. The maximum Gasteiger partial charge on any atom is 0.251 e. The fourth-order valence-electron chi connectivity index (χ4n) is 3.74. The van der Waals surface area contributed by atoms with Crippen LogP contribution in [-0.2, 0) is 0 Å². The van der Waals surface area contributed by atoms with Crippen molar-refractivity contribution in [1.29, 1.82) is 0 Å². The lowest BCUT2D eigenvalue weighted by atomic mass is 9.81. The second-order valence-electron chi connectivity index (χ2n) is 7.68. The minimum absolute atomic E-state index is 0.363. The molecular weight excluding hydrogens is 448 g/mol. The van der Waals surface area contributed by atoms with Crippen molar-refractivity contribution >= 4 is 29.1 Å².